The zero-order chi connectivity index (χ0) is 21.9. The Hall–Kier alpha value is -3.40. The molecule has 1 aromatic heterocycles. The lowest BCUT2D eigenvalue weighted by atomic mass is 10.1. The summed E-state index contributed by atoms with van der Waals surface area (Å²) in [5.41, 5.74) is 4.31. The van der Waals surface area contributed by atoms with E-state index >= 15 is 0 Å². The van der Waals surface area contributed by atoms with E-state index in [2.05, 4.69) is 10.4 Å². The van der Waals surface area contributed by atoms with Gasteiger partial charge in [0.25, 0.3) is 0 Å². The van der Waals surface area contributed by atoms with Crippen molar-refractivity contribution < 1.29 is 32.6 Å². The van der Waals surface area contributed by atoms with E-state index in [1.807, 2.05) is 16.8 Å². The van der Waals surface area contributed by atoms with Gasteiger partial charge in [-0.05, 0) is 29.8 Å². The minimum absolute atomic E-state index is 0.219. The van der Waals surface area contributed by atoms with E-state index < -0.39 is 12.1 Å². The predicted octanol–water partition coefficient (Wildman–Crippen LogP) is 3.68. The molecule has 2 heterocycles. The molecule has 0 aliphatic carbocycles. The van der Waals surface area contributed by atoms with Gasteiger partial charge in [0, 0.05) is 24.2 Å². The Morgan fingerprint density at radius 3 is 2.47 bits per heavy atom. The summed E-state index contributed by atoms with van der Waals surface area (Å²) < 4.78 is 47.9. The maximum Gasteiger partial charge on any atom is 0.490 e. The summed E-state index contributed by atoms with van der Waals surface area (Å²) in [7, 11) is 0. The fourth-order valence-corrected chi connectivity index (χ4v) is 3.08. The highest BCUT2D eigenvalue weighted by Gasteiger charge is 2.38. The van der Waals surface area contributed by atoms with Crippen LogP contribution in [0, 0.1) is 5.82 Å². The first kappa shape index (κ1) is 21.3. The van der Waals surface area contributed by atoms with Gasteiger partial charge in [-0.25, -0.2) is 9.18 Å². The molecule has 30 heavy (non-hydrogen) atoms. The Morgan fingerprint density at radius 2 is 1.83 bits per heavy atom. The van der Waals surface area contributed by atoms with Crippen molar-refractivity contribution in [2.24, 2.45) is 0 Å². The number of aromatic hydroxyl groups is 1. The molecule has 0 spiro atoms. The van der Waals surface area contributed by atoms with E-state index in [1.54, 1.807) is 30.3 Å². The summed E-state index contributed by atoms with van der Waals surface area (Å²) >= 11 is 0. The van der Waals surface area contributed by atoms with Crippen LogP contribution in [0.1, 0.15) is 16.8 Å². The molecular weight excluding hydrogens is 406 g/mol. The molecule has 0 amide bonds. The quantitative estimate of drug-likeness (QED) is 0.560. The van der Waals surface area contributed by atoms with Crippen LogP contribution in [-0.4, -0.2) is 32.1 Å². The Morgan fingerprint density at radius 1 is 1.13 bits per heavy atom. The van der Waals surface area contributed by atoms with Crippen molar-refractivity contribution in [1.82, 2.24) is 15.1 Å². The Balaban J connectivity index is 0.000000318. The van der Waals surface area contributed by atoms with E-state index in [-0.39, 0.29) is 11.6 Å². The number of nitrogens with zero attached hydrogens (tertiary/aromatic N) is 2. The molecule has 3 N–H and O–H groups in total. The van der Waals surface area contributed by atoms with Gasteiger partial charge in [-0.1, -0.05) is 24.3 Å². The zero-order valence-corrected chi connectivity index (χ0v) is 15.4. The summed E-state index contributed by atoms with van der Waals surface area (Å²) in [5.74, 6) is -2.79. The van der Waals surface area contributed by atoms with Gasteiger partial charge in [-0.3, -0.25) is 4.68 Å². The third-order valence-corrected chi connectivity index (χ3v) is 4.34. The molecule has 0 radical (unpaired) electrons. The molecule has 1 aliphatic heterocycles. The zero-order valence-electron chi connectivity index (χ0n) is 15.4. The first-order chi connectivity index (χ1) is 14.2. The molecule has 0 bridgehead atoms. The number of rotatable bonds is 3. The van der Waals surface area contributed by atoms with Gasteiger partial charge in [0.15, 0.2) is 0 Å². The number of aliphatic carboxylic acids is 1. The van der Waals surface area contributed by atoms with Crippen LogP contribution in [-0.2, 0) is 24.4 Å². The number of benzene rings is 2. The van der Waals surface area contributed by atoms with Crippen LogP contribution >= 0.6 is 0 Å². The summed E-state index contributed by atoms with van der Waals surface area (Å²) in [6.45, 7) is 1.88. The first-order valence-electron chi connectivity index (χ1n) is 8.79. The molecule has 0 unspecified atom stereocenters. The van der Waals surface area contributed by atoms with Gasteiger partial charge in [0.1, 0.15) is 11.6 Å². The summed E-state index contributed by atoms with van der Waals surface area (Å²) in [4.78, 5) is 8.90. The largest absolute Gasteiger partial charge is 0.508 e. The number of carbonyl (C=O) groups is 1. The normalized spacial score (nSPS) is 12.8. The van der Waals surface area contributed by atoms with Crippen molar-refractivity contribution in [2.75, 3.05) is 0 Å². The summed E-state index contributed by atoms with van der Waals surface area (Å²) in [5, 5.41) is 24.7. The molecule has 4 rings (SSSR count). The van der Waals surface area contributed by atoms with E-state index in [0.29, 0.717) is 25.2 Å². The number of nitrogens with one attached hydrogen (secondary N) is 1. The van der Waals surface area contributed by atoms with Crippen LogP contribution in [0.15, 0.2) is 48.5 Å². The molecule has 2 aromatic carbocycles. The number of fused-ring (bicyclic) bond motifs is 1. The molecule has 0 atom stereocenters. The van der Waals surface area contributed by atoms with Gasteiger partial charge in [-0.2, -0.15) is 18.3 Å². The van der Waals surface area contributed by atoms with Crippen molar-refractivity contribution >= 4 is 5.97 Å². The van der Waals surface area contributed by atoms with Crippen molar-refractivity contribution in [3.8, 4) is 17.0 Å². The molecule has 158 valence electrons. The number of carboxylic acids is 1. The molecule has 0 saturated carbocycles. The lowest BCUT2D eigenvalue weighted by molar-refractivity contribution is -0.192. The van der Waals surface area contributed by atoms with Crippen molar-refractivity contribution in [3.05, 3.63) is 71.2 Å². The fourth-order valence-electron chi connectivity index (χ4n) is 3.08. The third-order valence-electron chi connectivity index (χ3n) is 4.34. The van der Waals surface area contributed by atoms with Crippen LogP contribution in [0.3, 0.4) is 0 Å². The molecule has 1 aliphatic rings. The van der Waals surface area contributed by atoms with Gasteiger partial charge >= 0.3 is 12.1 Å². The summed E-state index contributed by atoms with van der Waals surface area (Å²) in [6.07, 6.45) is -5.08. The lowest BCUT2D eigenvalue weighted by Crippen LogP contribution is -2.21. The standard InChI is InChI=1S/C18H16FN3O.C2HF3O2/c19-16-7-2-1-6-14(16)18-15-9-20-10-17(15)21-22(18)11-12-4-3-5-13(23)8-12;3-2(4,5)1(6)7/h1-8,20,23H,9-11H2;(H,6,7). The van der Waals surface area contributed by atoms with Crippen LogP contribution in [0.25, 0.3) is 11.3 Å². The minimum atomic E-state index is -5.08. The van der Waals surface area contributed by atoms with E-state index in [1.165, 1.54) is 6.07 Å². The second kappa shape index (κ2) is 8.54. The van der Waals surface area contributed by atoms with Gasteiger partial charge in [0.2, 0.25) is 0 Å². The smallest absolute Gasteiger partial charge is 0.490 e. The second-order valence-corrected chi connectivity index (χ2v) is 6.49. The minimum Gasteiger partial charge on any atom is -0.508 e. The molecule has 10 heteroatoms. The number of hydrogen-bond acceptors (Lipinski definition) is 4. The molecule has 0 saturated heterocycles. The Bertz CT molecular complexity index is 1060. The predicted molar refractivity (Wildman–Crippen MR) is 99.1 cm³/mol. The molecule has 0 fully saturated rings. The van der Waals surface area contributed by atoms with Crippen LogP contribution in [0.5, 0.6) is 5.75 Å². The highest BCUT2D eigenvalue weighted by atomic mass is 19.4. The highest BCUT2D eigenvalue weighted by Crippen LogP contribution is 2.31. The van der Waals surface area contributed by atoms with Gasteiger partial charge in [-0.15, -0.1) is 0 Å². The number of alkyl halides is 3. The lowest BCUT2D eigenvalue weighted by Gasteiger charge is -2.11. The van der Waals surface area contributed by atoms with E-state index in [0.717, 1.165) is 22.5 Å². The van der Waals surface area contributed by atoms with Crippen LogP contribution < -0.4 is 5.32 Å². The molecule has 6 nitrogen and oxygen atoms in total. The van der Waals surface area contributed by atoms with Gasteiger partial charge in [0.05, 0.1) is 17.9 Å². The highest BCUT2D eigenvalue weighted by molar-refractivity contribution is 5.73. The second-order valence-electron chi connectivity index (χ2n) is 6.49. The van der Waals surface area contributed by atoms with Crippen LogP contribution in [0.4, 0.5) is 17.6 Å². The average Bonchev–Trinajstić information content (AvgIpc) is 3.23. The number of phenolic OH excluding ortho intramolecular Hbond substituents is 1. The van der Waals surface area contributed by atoms with Gasteiger partial charge < -0.3 is 15.5 Å². The number of aromatic nitrogens is 2. The van der Waals surface area contributed by atoms with E-state index in [9.17, 15) is 22.7 Å². The topological polar surface area (TPSA) is 87.4 Å². The Kier molecular flexibility index (Phi) is 6.06. The fraction of sp³-hybridized carbons (Fsp3) is 0.200. The molecular formula is C20H17F4N3O3. The van der Waals surface area contributed by atoms with Crippen molar-refractivity contribution in [1.29, 1.82) is 0 Å². The first-order valence-corrected chi connectivity index (χ1v) is 8.79. The number of phenols is 1. The average molecular weight is 423 g/mol. The number of carboxylic acid groups (broad SMARTS) is 1. The summed E-state index contributed by atoms with van der Waals surface area (Å²) in [6, 6.07) is 13.8. The Labute approximate surface area is 168 Å². The van der Waals surface area contributed by atoms with Crippen LogP contribution in [0.2, 0.25) is 0 Å². The SMILES string of the molecule is O=C(O)C(F)(F)F.Oc1cccc(Cn2nc3c(c2-c2ccccc2F)CNC3)c1. The number of halogens is 4. The maximum absolute atomic E-state index is 14.3. The third kappa shape index (κ3) is 4.77. The van der Waals surface area contributed by atoms with Crippen molar-refractivity contribution in [3.63, 3.8) is 0 Å². The van der Waals surface area contributed by atoms with Crippen molar-refractivity contribution in [2.45, 2.75) is 25.8 Å². The number of hydrogen-bond donors (Lipinski definition) is 3. The van der Waals surface area contributed by atoms with E-state index in [4.69, 9.17) is 9.90 Å². The molecule has 3 aromatic rings. The maximum atomic E-state index is 14.3. The monoisotopic (exact) mass is 423 g/mol.